The van der Waals surface area contributed by atoms with Gasteiger partial charge in [-0.05, 0) is 41.8 Å². The second-order valence-electron chi connectivity index (χ2n) is 5.23. The second kappa shape index (κ2) is 8.05. The van der Waals surface area contributed by atoms with E-state index in [2.05, 4.69) is 11.7 Å². The van der Waals surface area contributed by atoms with Crippen LogP contribution in [0.15, 0.2) is 41.3 Å². The fourth-order valence-corrected chi connectivity index (χ4v) is 3.28. The molecule has 25 heavy (non-hydrogen) atoms. The molecule has 0 aromatic heterocycles. The summed E-state index contributed by atoms with van der Waals surface area (Å²) in [6.07, 6.45) is -4.16. The van der Waals surface area contributed by atoms with Crippen molar-refractivity contribution in [3.63, 3.8) is 0 Å². The zero-order chi connectivity index (χ0) is 18.6. The molecule has 8 heteroatoms. The van der Waals surface area contributed by atoms with Crippen molar-refractivity contribution in [1.29, 1.82) is 0 Å². The molecule has 0 amide bonds. The van der Waals surface area contributed by atoms with Gasteiger partial charge in [0.1, 0.15) is 5.75 Å². The van der Waals surface area contributed by atoms with Crippen molar-refractivity contribution >= 4 is 28.4 Å². The summed E-state index contributed by atoms with van der Waals surface area (Å²) in [5.74, 6) is -0.430. The van der Waals surface area contributed by atoms with Crippen molar-refractivity contribution in [2.75, 3.05) is 7.11 Å². The molecule has 2 rings (SSSR count). The van der Waals surface area contributed by atoms with Gasteiger partial charge in [0.15, 0.2) is 0 Å². The molecule has 134 valence electrons. The SMILES string of the molecule is COc1ccc(CCC(=O)O)cc1-c1ccc(C(F)(F)F)cc1SS. The van der Waals surface area contributed by atoms with Crippen LogP contribution in [-0.4, -0.2) is 18.2 Å². The molecule has 0 fully saturated rings. The number of thiol groups is 1. The van der Waals surface area contributed by atoms with Crippen LogP contribution < -0.4 is 4.74 Å². The van der Waals surface area contributed by atoms with E-state index >= 15 is 0 Å². The number of rotatable bonds is 6. The summed E-state index contributed by atoms with van der Waals surface area (Å²) >= 11 is 4.06. The topological polar surface area (TPSA) is 46.5 Å². The number of carbonyl (C=O) groups is 1. The van der Waals surface area contributed by atoms with Crippen molar-refractivity contribution in [3.8, 4) is 16.9 Å². The summed E-state index contributed by atoms with van der Waals surface area (Å²) in [6.45, 7) is 0. The summed E-state index contributed by atoms with van der Waals surface area (Å²) in [5.41, 5.74) is 1.14. The first-order valence-corrected chi connectivity index (χ1v) is 9.05. The zero-order valence-corrected chi connectivity index (χ0v) is 14.8. The number of aryl methyl sites for hydroxylation is 1. The van der Waals surface area contributed by atoms with Gasteiger partial charge in [0.2, 0.25) is 0 Å². The number of alkyl halides is 3. The quantitative estimate of drug-likeness (QED) is 0.518. The van der Waals surface area contributed by atoms with Gasteiger partial charge in [-0.25, -0.2) is 0 Å². The largest absolute Gasteiger partial charge is 0.496 e. The predicted molar refractivity (Wildman–Crippen MR) is 94.2 cm³/mol. The molecule has 0 atom stereocenters. The molecule has 0 heterocycles. The highest BCUT2D eigenvalue weighted by Crippen LogP contribution is 2.41. The summed E-state index contributed by atoms with van der Waals surface area (Å²) < 4.78 is 44.0. The average molecular weight is 388 g/mol. The molecule has 0 radical (unpaired) electrons. The number of ether oxygens (including phenoxy) is 1. The third-order valence-corrected chi connectivity index (χ3v) is 4.71. The lowest BCUT2D eigenvalue weighted by Crippen LogP contribution is -2.05. The average Bonchev–Trinajstić information content (AvgIpc) is 2.58. The number of methoxy groups -OCH3 is 1. The number of carboxylic acids is 1. The van der Waals surface area contributed by atoms with Crippen LogP contribution in [0.5, 0.6) is 5.75 Å². The summed E-state index contributed by atoms with van der Waals surface area (Å²) in [5, 5.41) is 8.81. The maximum Gasteiger partial charge on any atom is 0.416 e. The van der Waals surface area contributed by atoms with Gasteiger partial charge in [-0.2, -0.15) is 13.2 Å². The molecule has 0 aliphatic heterocycles. The summed E-state index contributed by atoms with van der Waals surface area (Å²) in [7, 11) is 2.37. The van der Waals surface area contributed by atoms with Crippen molar-refractivity contribution in [2.45, 2.75) is 23.9 Å². The highest BCUT2D eigenvalue weighted by atomic mass is 33.1. The van der Waals surface area contributed by atoms with Crippen LogP contribution in [0, 0.1) is 0 Å². The Balaban J connectivity index is 2.52. The van der Waals surface area contributed by atoms with E-state index in [9.17, 15) is 18.0 Å². The number of hydrogen-bond acceptors (Lipinski definition) is 4. The number of aliphatic carboxylic acids is 1. The van der Waals surface area contributed by atoms with E-state index in [-0.39, 0.29) is 6.42 Å². The van der Waals surface area contributed by atoms with Crippen LogP contribution in [0.2, 0.25) is 0 Å². The van der Waals surface area contributed by atoms with E-state index in [0.717, 1.165) is 28.5 Å². The third-order valence-electron chi connectivity index (χ3n) is 3.59. The number of carboxylic acid groups (broad SMARTS) is 1. The van der Waals surface area contributed by atoms with Gasteiger partial charge < -0.3 is 9.84 Å². The molecular formula is C17H15F3O3S2. The highest BCUT2D eigenvalue weighted by molar-refractivity contribution is 8.68. The van der Waals surface area contributed by atoms with Crippen LogP contribution in [-0.2, 0) is 17.4 Å². The molecule has 0 bridgehead atoms. The molecule has 1 N–H and O–H groups in total. The molecule has 3 nitrogen and oxygen atoms in total. The van der Waals surface area contributed by atoms with Gasteiger partial charge in [-0.1, -0.05) is 22.9 Å². The lowest BCUT2D eigenvalue weighted by Gasteiger charge is -2.15. The fraction of sp³-hybridized carbons (Fsp3) is 0.235. The number of benzene rings is 2. The van der Waals surface area contributed by atoms with E-state index < -0.39 is 17.7 Å². The predicted octanol–water partition coefficient (Wildman–Crippen LogP) is 5.34. The van der Waals surface area contributed by atoms with Gasteiger partial charge in [0, 0.05) is 16.9 Å². The highest BCUT2D eigenvalue weighted by Gasteiger charge is 2.31. The van der Waals surface area contributed by atoms with Crippen LogP contribution in [0.3, 0.4) is 0 Å². The van der Waals surface area contributed by atoms with Crippen molar-refractivity contribution in [1.82, 2.24) is 0 Å². The summed E-state index contributed by atoms with van der Waals surface area (Å²) in [4.78, 5) is 11.1. The van der Waals surface area contributed by atoms with Gasteiger partial charge in [0.25, 0.3) is 0 Å². The van der Waals surface area contributed by atoms with E-state index in [0.29, 0.717) is 28.2 Å². The molecule has 0 spiro atoms. The van der Waals surface area contributed by atoms with Gasteiger partial charge in [-0.3, -0.25) is 4.79 Å². The molecule has 0 unspecified atom stereocenters. The molecule has 0 aliphatic rings. The first kappa shape index (κ1) is 19.5. The number of hydrogen-bond donors (Lipinski definition) is 2. The first-order valence-electron chi connectivity index (χ1n) is 7.18. The maximum atomic E-state index is 12.9. The fourth-order valence-electron chi connectivity index (χ4n) is 2.37. The van der Waals surface area contributed by atoms with E-state index in [1.165, 1.54) is 13.2 Å². The lowest BCUT2D eigenvalue weighted by molar-refractivity contribution is -0.138. The molecular weight excluding hydrogens is 373 g/mol. The number of halogens is 3. The Morgan fingerprint density at radius 1 is 1.20 bits per heavy atom. The Labute approximate surface area is 152 Å². The lowest BCUT2D eigenvalue weighted by atomic mass is 9.98. The van der Waals surface area contributed by atoms with Crippen molar-refractivity contribution < 1.29 is 27.8 Å². The van der Waals surface area contributed by atoms with Crippen molar-refractivity contribution in [3.05, 3.63) is 47.5 Å². The van der Waals surface area contributed by atoms with Gasteiger partial charge in [0.05, 0.1) is 12.7 Å². The van der Waals surface area contributed by atoms with Crippen molar-refractivity contribution in [2.24, 2.45) is 0 Å². The molecule has 2 aromatic carbocycles. The minimum atomic E-state index is -4.44. The monoisotopic (exact) mass is 388 g/mol. The Hall–Kier alpha value is -1.80. The van der Waals surface area contributed by atoms with E-state index in [4.69, 9.17) is 9.84 Å². The van der Waals surface area contributed by atoms with E-state index in [1.807, 2.05) is 0 Å². The first-order chi connectivity index (χ1) is 11.8. The van der Waals surface area contributed by atoms with Crippen LogP contribution in [0.1, 0.15) is 17.5 Å². The van der Waals surface area contributed by atoms with Crippen LogP contribution in [0.25, 0.3) is 11.1 Å². The van der Waals surface area contributed by atoms with Crippen LogP contribution in [0.4, 0.5) is 13.2 Å². The minimum Gasteiger partial charge on any atom is -0.496 e. The molecule has 2 aromatic rings. The Morgan fingerprint density at radius 3 is 2.48 bits per heavy atom. The molecule has 0 aliphatic carbocycles. The normalized spacial score (nSPS) is 11.4. The second-order valence-corrected chi connectivity index (χ2v) is 6.40. The van der Waals surface area contributed by atoms with Gasteiger partial charge >= 0.3 is 12.1 Å². The zero-order valence-electron chi connectivity index (χ0n) is 13.1. The Bertz CT molecular complexity index is 776. The Morgan fingerprint density at radius 2 is 1.92 bits per heavy atom. The molecule has 0 saturated heterocycles. The smallest absolute Gasteiger partial charge is 0.416 e. The standard InChI is InChI=1S/C17H15F3O3S2/c1-23-14-6-2-10(3-7-16(21)22)8-13(14)12-5-4-11(17(18,19)20)9-15(12)25-24/h2,4-6,8-9,24H,3,7H2,1H3,(H,21,22). The Kier molecular flexibility index (Phi) is 6.29. The maximum absolute atomic E-state index is 12.9. The van der Waals surface area contributed by atoms with Gasteiger partial charge in [-0.15, -0.1) is 11.7 Å². The minimum absolute atomic E-state index is 0.0348. The molecule has 0 saturated carbocycles. The summed E-state index contributed by atoms with van der Waals surface area (Å²) in [6, 6.07) is 8.57. The van der Waals surface area contributed by atoms with E-state index in [1.54, 1.807) is 18.2 Å². The third kappa shape index (κ3) is 4.85. The van der Waals surface area contributed by atoms with Crippen LogP contribution >= 0.6 is 22.5 Å².